The smallest absolute Gasteiger partial charge is 0.341 e. The molecule has 0 saturated carbocycles. The first-order valence-electron chi connectivity index (χ1n) is 8.46. The van der Waals surface area contributed by atoms with Crippen LogP contribution in [-0.2, 0) is 22.4 Å². The molecule has 1 aromatic heterocycles. The van der Waals surface area contributed by atoms with Crippen molar-refractivity contribution in [2.45, 2.75) is 32.1 Å². The van der Waals surface area contributed by atoms with Crippen LogP contribution in [0.4, 0.5) is 9.39 Å². The molecule has 1 aliphatic rings. The van der Waals surface area contributed by atoms with Crippen LogP contribution in [0, 0.1) is 17.1 Å². The van der Waals surface area contributed by atoms with Gasteiger partial charge in [0.15, 0.2) is 6.61 Å². The van der Waals surface area contributed by atoms with Crippen molar-refractivity contribution in [3.63, 3.8) is 0 Å². The molecule has 1 N–H and O–H groups in total. The summed E-state index contributed by atoms with van der Waals surface area (Å²) in [6.07, 6.45) is 4.94. The summed E-state index contributed by atoms with van der Waals surface area (Å²) in [4.78, 5) is 25.2. The number of hydrogen-bond acceptors (Lipinski definition) is 5. The van der Waals surface area contributed by atoms with Gasteiger partial charge in [-0.3, -0.25) is 4.79 Å². The van der Waals surface area contributed by atoms with Gasteiger partial charge >= 0.3 is 5.97 Å². The molecule has 0 unspecified atom stereocenters. The minimum absolute atomic E-state index is 0.187. The van der Waals surface area contributed by atoms with Crippen molar-refractivity contribution >= 4 is 39.8 Å². The number of fused-ring (bicyclic) bond motifs is 1. The number of nitrogens with zero attached hydrogens (tertiary/aromatic N) is 1. The summed E-state index contributed by atoms with van der Waals surface area (Å²) >= 11 is 7.13. The van der Waals surface area contributed by atoms with Gasteiger partial charge in [-0.05, 0) is 49.4 Å². The fraction of sp³-hybridized carbons (Fsp3) is 0.316. The number of rotatable bonds is 4. The second-order valence-corrected chi connectivity index (χ2v) is 7.67. The van der Waals surface area contributed by atoms with E-state index in [-0.39, 0.29) is 10.6 Å². The molecule has 0 atom stereocenters. The Balaban J connectivity index is 1.65. The van der Waals surface area contributed by atoms with E-state index in [1.54, 1.807) is 0 Å². The van der Waals surface area contributed by atoms with Gasteiger partial charge in [0.25, 0.3) is 5.91 Å². The number of aryl methyl sites for hydroxylation is 1. The Morgan fingerprint density at radius 3 is 2.85 bits per heavy atom. The highest BCUT2D eigenvalue weighted by Crippen LogP contribution is 2.36. The predicted molar refractivity (Wildman–Crippen MR) is 101 cm³/mol. The molecule has 27 heavy (non-hydrogen) atoms. The van der Waals surface area contributed by atoms with E-state index in [9.17, 15) is 19.2 Å². The number of esters is 1. The number of benzene rings is 1. The number of anilines is 1. The van der Waals surface area contributed by atoms with Gasteiger partial charge in [0.2, 0.25) is 0 Å². The van der Waals surface area contributed by atoms with Crippen LogP contribution in [0.1, 0.15) is 45.6 Å². The number of thiophene rings is 1. The van der Waals surface area contributed by atoms with Crippen LogP contribution in [-0.4, -0.2) is 18.5 Å². The Bertz CT molecular complexity index is 936. The summed E-state index contributed by atoms with van der Waals surface area (Å²) < 4.78 is 18.5. The minimum atomic E-state index is -0.979. The van der Waals surface area contributed by atoms with Gasteiger partial charge in [0.1, 0.15) is 16.9 Å². The number of halogens is 2. The molecule has 3 rings (SSSR count). The molecule has 0 bridgehead atoms. The van der Waals surface area contributed by atoms with Crippen LogP contribution < -0.4 is 5.32 Å². The fourth-order valence-corrected chi connectivity index (χ4v) is 4.40. The quantitative estimate of drug-likeness (QED) is 0.599. The molecule has 0 spiro atoms. The SMILES string of the molecule is N#Cc1c(NC(=O)COC(=O)c2cc(Cl)ccc2F)sc2c1CCCCC2. The van der Waals surface area contributed by atoms with Crippen LogP contribution >= 0.6 is 22.9 Å². The van der Waals surface area contributed by atoms with Gasteiger partial charge in [0, 0.05) is 9.90 Å². The summed E-state index contributed by atoms with van der Waals surface area (Å²) in [6, 6.07) is 5.67. The number of carbonyl (C=O) groups excluding carboxylic acids is 2. The molecule has 1 aromatic carbocycles. The molecule has 140 valence electrons. The second-order valence-electron chi connectivity index (χ2n) is 6.13. The zero-order valence-electron chi connectivity index (χ0n) is 14.3. The first-order chi connectivity index (χ1) is 13.0. The maximum absolute atomic E-state index is 13.7. The summed E-state index contributed by atoms with van der Waals surface area (Å²) in [6.45, 7) is -0.585. The molecular formula is C19H16ClFN2O3S. The van der Waals surface area contributed by atoms with Crippen LogP contribution in [0.15, 0.2) is 18.2 Å². The van der Waals surface area contributed by atoms with E-state index >= 15 is 0 Å². The third kappa shape index (κ3) is 4.46. The average Bonchev–Trinajstić information content (AvgIpc) is 2.81. The van der Waals surface area contributed by atoms with Gasteiger partial charge in [-0.15, -0.1) is 11.3 Å². The fourth-order valence-electron chi connectivity index (χ4n) is 2.97. The molecule has 1 aliphatic carbocycles. The lowest BCUT2D eigenvalue weighted by Crippen LogP contribution is -2.21. The monoisotopic (exact) mass is 406 g/mol. The maximum Gasteiger partial charge on any atom is 0.341 e. The molecule has 0 radical (unpaired) electrons. The van der Waals surface area contributed by atoms with Crippen LogP contribution in [0.3, 0.4) is 0 Å². The van der Waals surface area contributed by atoms with Crippen molar-refractivity contribution in [3.05, 3.63) is 50.6 Å². The summed E-state index contributed by atoms with van der Waals surface area (Å²) in [5.74, 6) is -2.34. The van der Waals surface area contributed by atoms with Crippen molar-refractivity contribution in [2.75, 3.05) is 11.9 Å². The summed E-state index contributed by atoms with van der Waals surface area (Å²) in [5.41, 5.74) is 1.15. The highest BCUT2D eigenvalue weighted by molar-refractivity contribution is 7.16. The number of ether oxygens (including phenoxy) is 1. The molecule has 1 amide bonds. The van der Waals surface area contributed by atoms with E-state index in [4.69, 9.17) is 16.3 Å². The number of amides is 1. The van der Waals surface area contributed by atoms with E-state index < -0.39 is 24.3 Å². The van der Waals surface area contributed by atoms with Gasteiger partial charge < -0.3 is 10.1 Å². The van der Waals surface area contributed by atoms with Crippen molar-refractivity contribution in [1.29, 1.82) is 5.26 Å². The highest BCUT2D eigenvalue weighted by Gasteiger charge is 2.22. The molecule has 2 aromatic rings. The number of nitriles is 1. The number of carbonyl (C=O) groups is 2. The molecule has 0 saturated heterocycles. The van der Waals surface area contributed by atoms with E-state index in [1.807, 2.05) is 0 Å². The van der Waals surface area contributed by atoms with Gasteiger partial charge in [0.05, 0.1) is 11.1 Å². The van der Waals surface area contributed by atoms with Crippen LogP contribution in [0.25, 0.3) is 0 Å². The van der Waals surface area contributed by atoms with Gasteiger partial charge in [-0.2, -0.15) is 5.26 Å². The summed E-state index contributed by atoms with van der Waals surface area (Å²) in [5, 5.41) is 12.7. The van der Waals surface area contributed by atoms with Crippen LogP contribution in [0.2, 0.25) is 5.02 Å². The lowest BCUT2D eigenvalue weighted by Gasteiger charge is -2.07. The molecule has 0 aliphatic heterocycles. The molecule has 0 fully saturated rings. The van der Waals surface area contributed by atoms with Crippen LogP contribution in [0.5, 0.6) is 0 Å². The first-order valence-corrected chi connectivity index (χ1v) is 9.65. The Morgan fingerprint density at radius 1 is 1.30 bits per heavy atom. The van der Waals surface area contributed by atoms with E-state index in [0.29, 0.717) is 10.6 Å². The Kier molecular flexibility index (Phi) is 6.09. The molecular weight excluding hydrogens is 391 g/mol. The van der Waals surface area contributed by atoms with Crippen molar-refractivity contribution in [3.8, 4) is 6.07 Å². The minimum Gasteiger partial charge on any atom is -0.452 e. The van der Waals surface area contributed by atoms with Gasteiger partial charge in [-0.25, -0.2) is 9.18 Å². The molecule has 1 heterocycles. The topological polar surface area (TPSA) is 79.2 Å². The number of hydrogen-bond donors (Lipinski definition) is 1. The number of nitrogens with one attached hydrogen (secondary N) is 1. The average molecular weight is 407 g/mol. The van der Waals surface area contributed by atoms with E-state index in [0.717, 1.165) is 54.7 Å². The largest absolute Gasteiger partial charge is 0.452 e. The lowest BCUT2D eigenvalue weighted by atomic mass is 10.1. The lowest BCUT2D eigenvalue weighted by molar-refractivity contribution is -0.119. The molecule has 5 nitrogen and oxygen atoms in total. The van der Waals surface area contributed by atoms with Crippen molar-refractivity contribution in [1.82, 2.24) is 0 Å². The third-order valence-electron chi connectivity index (χ3n) is 4.27. The zero-order valence-corrected chi connectivity index (χ0v) is 15.9. The second kappa shape index (κ2) is 8.51. The summed E-state index contributed by atoms with van der Waals surface area (Å²) in [7, 11) is 0. The Labute approximate surface area is 164 Å². The van der Waals surface area contributed by atoms with E-state index in [1.165, 1.54) is 17.4 Å². The first kappa shape index (κ1) is 19.3. The Hall–Kier alpha value is -2.43. The standard InChI is InChI=1S/C19H16ClFN2O3S/c20-11-6-7-15(21)13(8-11)19(25)26-10-17(24)23-18-14(9-22)12-4-2-1-3-5-16(12)27-18/h6-8H,1-5,10H2,(H,23,24). The third-order valence-corrected chi connectivity index (χ3v) is 5.71. The Morgan fingerprint density at radius 2 is 2.07 bits per heavy atom. The van der Waals surface area contributed by atoms with Gasteiger partial charge in [-0.1, -0.05) is 18.0 Å². The normalized spacial score (nSPS) is 13.2. The van der Waals surface area contributed by atoms with Crippen molar-refractivity contribution in [2.24, 2.45) is 0 Å². The predicted octanol–water partition coefficient (Wildman–Crippen LogP) is 4.48. The zero-order chi connectivity index (χ0) is 19.4. The van der Waals surface area contributed by atoms with E-state index in [2.05, 4.69) is 11.4 Å². The molecule has 8 heteroatoms. The van der Waals surface area contributed by atoms with Crippen molar-refractivity contribution < 1.29 is 18.7 Å². The highest BCUT2D eigenvalue weighted by atomic mass is 35.5. The maximum atomic E-state index is 13.7.